The molecule has 0 radical (unpaired) electrons. The van der Waals surface area contributed by atoms with E-state index in [2.05, 4.69) is 15.9 Å². The topological polar surface area (TPSA) is 26.3 Å². The summed E-state index contributed by atoms with van der Waals surface area (Å²) >= 11 is 9.22. The minimum atomic E-state index is -0.556. The van der Waals surface area contributed by atoms with Crippen molar-refractivity contribution in [2.45, 2.75) is 13.0 Å². The summed E-state index contributed by atoms with van der Waals surface area (Å²) in [5, 5.41) is 0.612. The van der Waals surface area contributed by atoms with Crippen LogP contribution in [0.5, 0.6) is 5.75 Å². The van der Waals surface area contributed by atoms with Gasteiger partial charge in [-0.2, -0.15) is 0 Å². The fraction of sp³-hybridized carbons (Fsp3) is 0.133. The summed E-state index contributed by atoms with van der Waals surface area (Å²) < 4.78 is 6.39. The maximum Gasteiger partial charge on any atom is 0.202 e. The molecule has 0 bridgehead atoms. The van der Waals surface area contributed by atoms with Crippen molar-refractivity contribution in [1.29, 1.82) is 0 Å². The van der Waals surface area contributed by atoms with E-state index in [0.29, 0.717) is 16.3 Å². The van der Waals surface area contributed by atoms with Crippen molar-refractivity contribution in [3.8, 4) is 5.75 Å². The minimum absolute atomic E-state index is 0.0533. The first kappa shape index (κ1) is 14.1. The van der Waals surface area contributed by atoms with Gasteiger partial charge < -0.3 is 4.74 Å². The van der Waals surface area contributed by atoms with Crippen molar-refractivity contribution in [3.63, 3.8) is 0 Å². The van der Waals surface area contributed by atoms with Gasteiger partial charge in [0.25, 0.3) is 0 Å². The number of benzene rings is 2. The molecule has 0 unspecified atom stereocenters. The molecule has 0 aliphatic heterocycles. The van der Waals surface area contributed by atoms with Crippen LogP contribution in [0.25, 0.3) is 0 Å². The van der Waals surface area contributed by atoms with Crippen molar-refractivity contribution >= 4 is 33.3 Å². The Bertz CT molecular complexity index is 584. The first-order chi connectivity index (χ1) is 9.08. The summed E-state index contributed by atoms with van der Waals surface area (Å²) in [7, 11) is 0. The molecule has 0 saturated carbocycles. The number of ketones is 1. The molecule has 2 aromatic rings. The van der Waals surface area contributed by atoms with Gasteiger partial charge in [-0.3, -0.25) is 4.79 Å². The fourth-order valence-corrected chi connectivity index (χ4v) is 2.43. The van der Waals surface area contributed by atoms with E-state index in [1.807, 2.05) is 18.2 Å². The Morgan fingerprint density at radius 2 is 1.89 bits per heavy atom. The van der Waals surface area contributed by atoms with Gasteiger partial charge >= 0.3 is 0 Å². The number of ether oxygens (including phenoxy) is 1. The Morgan fingerprint density at radius 3 is 2.53 bits per heavy atom. The van der Waals surface area contributed by atoms with E-state index >= 15 is 0 Å². The van der Waals surface area contributed by atoms with E-state index in [4.69, 9.17) is 16.3 Å². The third-order valence-corrected chi connectivity index (χ3v) is 3.48. The second kappa shape index (κ2) is 6.22. The maximum atomic E-state index is 12.2. The smallest absolute Gasteiger partial charge is 0.202 e. The quantitative estimate of drug-likeness (QED) is 0.751. The van der Waals surface area contributed by atoms with Gasteiger partial charge in [-0.15, -0.1) is 0 Å². The number of carbonyl (C=O) groups is 1. The Morgan fingerprint density at radius 1 is 1.21 bits per heavy atom. The first-order valence-electron chi connectivity index (χ1n) is 5.79. The Kier molecular flexibility index (Phi) is 4.61. The van der Waals surface area contributed by atoms with Crippen LogP contribution < -0.4 is 4.74 Å². The van der Waals surface area contributed by atoms with Crippen LogP contribution in [0.15, 0.2) is 53.0 Å². The van der Waals surface area contributed by atoms with Gasteiger partial charge in [0.15, 0.2) is 6.10 Å². The van der Waals surface area contributed by atoms with Gasteiger partial charge in [0.1, 0.15) is 5.75 Å². The van der Waals surface area contributed by atoms with Crippen LogP contribution in [0.1, 0.15) is 17.3 Å². The van der Waals surface area contributed by atoms with Crippen LogP contribution >= 0.6 is 27.5 Å². The van der Waals surface area contributed by atoms with Gasteiger partial charge in [0, 0.05) is 10.6 Å². The van der Waals surface area contributed by atoms with E-state index in [1.54, 1.807) is 37.3 Å². The summed E-state index contributed by atoms with van der Waals surface area (Å²) in [5.74, 6) is 0.545. The SMILES string of the molecule is C[C@@H](Oc1ccc(Cl)cc1Br)C(=O)c1ccccc1. The molecule has 2 nitrogen and oxygen atoms in total. The molecule has 19 heavy (non-hydrogen) atoms. The maximum absolute atomic E-state index is 12.2. The molecule has 4 heteroatoms. The highest BCUT2D eigenvalue weighted by Crippen LogP contribution is 2.29. The molecule has 0 amide bonds. The summed E-state index contributed by atoms with van der Waals surface area (Å²) in [6, 6.07) is 14.3. The molecule has 0 aliphatic carbocycles. The Hall–Kier alpha value is -1.32. The fourth-order valence-electron chi connectivity index (χ4n) is 1.65. The number of Topliss-reactive ketones (excluding diaryl/α,β-unsaturated/α-hetero) is 1. The number of hydrogen-bond acceptors (Lipinski definition) is 2. The van der Waals surface area contributed by atoms with E-state index in [1.165, 1.54) is 0 Å². The van der Waals surface area contributed by atoms with Crippen molar-refractivity contribution in [1.82, 2.24) is 0 Å². The zero-order valence-electron chi connectivity index (χ0n) is 10.3. The largest absolute Gasteiger partial charge is 0.481 e. The molecule has 0 fully saturated rings. The van der Waals surface area contributed by atoms with Gasteiger partial charge in [0.2, 0.25) is 5.78 Å². The molecule has 0 N–H and O–H groups in total. The Balaban J connectivity index is 2.13. The Labute approximate surface area is 125 Å². The molecule has 1 atom stereocenters. The third-order valence-electron chi connectivity index (χ3n) is 2.63. The van der Waals surface area contributed by atoms with Gasteiger partial charge in [0.05, 0.1) is 4.47 Å². The second-order valence-corrected chi connectivity index (χ2v) is 5.36. The molecular weight excluding hydrogens is 328 g/mol. The van der Waals surface area contributed by atoms with Crippen LogP contribution in [0.3, 0.4) is 0 Å². The lowest BCUT2D eigenvalue weighted by Gasteiger charge is -2.15. The lowest BCUT2D eigenvalue weighted by Crippen LogP contribution is -2.23. The lowest BCUT2D eigenvalue weighted by molar-refractivity contribution is 0.0817. The summed E-state index contributed by atoms with van der Waals surface area (Å²) in [5.41, 5.74) is 0.639. The molecule has 0 heterocycles. The molecule has 0 aromatic heterocycles. The van der Waals surface area contributed by atoms with Crippen LogP contribution in [-0.2, 0) is 0 Å². The predicted octanol–water partition coefficient (Wildman–Crippen LogP) is 4.75. The molecule has 0 aliphatic rings. The molecule has 2 aromatic carbocycles. The van der Waals surface area contributed by atoms with Crippen molar-refractivity contribution in [2.75, 3.05) is 0 Å². The minimum Gasteiger partial charge on any atom is -0.481 e. The van der Waals surface area contributed by atoms with Crippen LogP contribution in [0, 0.1) is 0 Å². The third kappa shape index (κ3) is 3.58. The highest BCUT2D eigenvalue weighted by Gasteiger charge is 2.17. The van der Waals surface area contributed by atoms with Gasteiger partial charge in [-0.1, -0.05) is 41.9 Å². The standard InChI is InChI=1S/C15H12BrClO2/c1-10(15(18)11-5-3-2-4-6-11)19-14-8-7-12(17)9-13(14)16/h2-10H,1H3/t10-/m1/s1. The van der Waals surface area contributed by atoms with Crippen LogP contribution in [0.2, 0.25) is 5.02 Å². The molecule has 0 spiro atoms. The highest BCUT2D eigenvalue weighted by atomic mass is 79.9. The molecule has 98 valence electrons. The monoisotopic (exact) mass is 338 g/mol. The number of hydrogen-bond donors (Lipinski definition) is 0. The number of carbonyl (C=O) groups excluding carboxylic acids is 1. The van der Waals surface area contributed by atoms with Gasteiger partial charge in [-0.25, -0.2) is 0 Å². The summed E-state index contributed by atoms with van der Waals surface area (Å²) in [4.78, 5) is 12.2. The van der Waals surface area contributed by atoms with Crippen molar-refractivity contribution < 1.29 is 9.53 Å². The molecular formula is C15H12BrClO2. The average Bonchev–Trinajstić information content (AvgIpc) is 2.42. The summed E-state index contributed by atoms with van der Waals surface area (Å²) in [6.07, 6.45) is -0.556. The zero-order chi connectivity index (χ0) is 13.8. The molecule has 0 saturated heterocycles. The lowest BCUT2D eigenvalue weighted by atomic mass is 10.1. The van der Waals surface area contributed by atoms with Crippen LogP contribution in [0.4, 0.5) is 0 Å². The molecule has 2 rings (SSSR count). The second-order valence-electron chi connectivity index (χ2n) is 4.07. The van der Waals surface area contributed by atoms with E-state index < -0.39 is 6.10 Å². The van der Waals surface area contributed by atoms with Gasteiger partial charge in [-0.05, 0) is 41.1 Å². The summed E-state index contributed by atoms with van der Waals surface area (Å²) in [6.45, 7) is 1.73. The first-order valence-corrected chi connectivity index (χ1v) is 6.96. The predicted molar refractivity (Wildman–Crippen MR) is 80.0 cm³/mol. The number of halogens is 2. The zero-order valence-corrected chi connectivity index (χ0v) is 12.6. The normalized spacial score (nSPS) is 11.9. The van der Waals surface area contributed by atoms with Crippen molar-refractivity contribution in [3.05, 3.63) is 63.6 Å². The van der Waals surface area contributed by atoms with Crippen LogP contribution in [-0.4, -0.2) is 11.9 Å². The van der Waals surface area contributed by atoms with E-state index in [-0.39, 0.29) is 5.78 Å². The number of rotatable bonds is 4. The van der Waals surface area contributed by atoms with Crippen molar-refractivity contribution in [2.24, 2.45) is 0 Å². The average molecular weight is 340 g/mol. The highest BCUT2D eigenvalue weighted by molar-refractivity contribution is 9.10. The van der Waals surface area contributed by atoms with E-state index in [0.717, 1.165) is 4.47 Å². The van der Waals surface area contributed by atoms with E-state index in [9.17, 15) is 4.79 Å².